The molecule has 3 aromatic rings. The lowest BCUT2D eigenvalue weighted by Crippen LogP contribution is -2.32. The first-order valence-corrected chi connectivity index (χ1v) is 9.69. The number of methoxy groups -OCH3 is 1. The lowest BCUT2D eigenvalue weighted by atomic mass is 9.90. The van der Waals surface area contributed by atoms with E-state index in [-0.39, 0.29) is 17.7 Å². The predicted octanol–water partition coefficient (Wildman–Crippen LogP) is 4.48. The molecule has 1 heterocycles. The third-order valence-corrected chi connectivity index (χ3v) is 4.89. The fourth-order valence-electron chi connectivity index (χ4n) is 3.37. The highest BCUT2D eigenvalue weighted by molar-refractivity contribution is 5.84. The number of ether oxygens (including phenoxy) is 2. The molecule has 0 aliphatic carbocycles. The highest BCUT2D eigenvalue weighted by atomic mass is 16.5. The Morgan fingerprint density at radius 1 is 1.14 bits per heavy atom. The summed E-state index contributed by atoms with van der Waals surface area (Å²) < 4.78 is 11.2. The molecule has 1 atom stereocenters. The van der Waals surface area contributed by atoms with Crippen molar-refractivity contribution in [3.05, 3.63) is 59.8 Å². The van der Waals surface area contributed by atoms with Gasteiger partial charge in [0.25, 0.3) is 0 Å². The van der Waals surface area contributed by atoms with E-state index in [1.54, 1.807) is 7.11 Å². The Morgan fingerprint density at radius 3 is 2.64 bits per heavy atom. The van der Waals surface area contributed by atoms with E-state index in [1.807, 2.05) is 57.3 Å². The van der Waals surface area contributed by atoms with Gasteiger partial charge in [0.2, 0.25) is 5.91 Å². The summed E-state index contributed by atoms with van der Waals surface area (Å²) in [6.07, 6.45) is 2.03. The van der Waals surface area contributed by atoms with Gasteiger partial charge < -0.3 is 19.8 Å². The van der Waals surface area contributed by atoms with Crippen LogP contribution >= 0.6 is 0 Å². The van der Waals surface area contributed by atoms with Crippen molar-refractivity contribution in [1.29, 1.82) is 0 Å². The van der Waals surface area contributed by atoms with Gasteiger partial charge >= 0.3 is 0 Å². The average molecular weight is 380 g/mol. The summed E-state index contributed by atoms with van der Waals surface area (Å²) in [6, 6.07) is 14.2. The van der Waals surface area contributed by atoms with Crippen LogP contribution in [0, 0.1) is 5.92 Å². The molecule has 1 unspecified atom stereocenters. The summed E-state index contributed by atoms with van der Waals surface area (Å²) in [5, 5.41) is 4.24. The lowest BCUT2D eigenvalue weighted by molar-refractivity contribution is -0.124. The van der Waals surface area contributed by atoms with E-state index < -0.39 is 0 Å². The highest BCUT2D eigenvalue weighted by Gasteiger charge is 2.21. The first-order chi connectivity index (χ1) is 13.5. The van der Waals surface area contributed by atoms with Gasteiger partial charge in [-0.15, -0.1) is 0 Å². The van der Waals surface area contributed by atoms with Crippen molar-refractivity contribution in [1.82, 2.24) is 10.3 Å². The van der Waals surface area contributed by atoms with E-state index in [4.69, 9.17) is 9.47 Å². The molecule has 0 bridgehead atoms. The van der Waals surface area contributed by atoms with Gasteiger partial charge in [-0.1, -0.05) is 38.1 Å². The van der Waals surface area contributed by atoms with Crippen LogP contribution in [0.5, 0.6) is 11.5 Å². The number of carbonyl (C=O) groups is 1. The number of fused-ring (bicyclic) bond motifs is 1. The van der Waals surface area contributed by atoms with Gasteiger partial charge in [-0.2, -0.15) is 0 Å². The van der Waals surface area contributed by atoms with Crippen LogP contribution in [0.4, 0.5) is 0 Å². The number of aromatic nitrogens is 1. The molecule has 5 nitrogen and oxygen atoms in total. The zero-order valence-electron chi connectivity index (χ0n) is 16.9. The SMILES string of the molecule is CCOc1ccc(C(CNC(=O)C(C)C)c2c[nH]c3ccccc23)cc1OC. The van der Waals surface area contributed by atoms with Crippen molar-refractivity contribution < 1.29 is 14.3 Å². The summed E-state index contributed by atoms with van der Waals surface area (Å²) in [6.45, 7) is 6.83. The molecule has 2 N–H and O–H groups in total. The number of carbonyl (C=O) groups excluding carboxylic acids is 1. The van der Waals surface area contributed by atoms with Gasteiger partial charge in [0, 0.05) is 35.5 Å². The average Bonchev–Trinajstić information content (AvgIpc) is 3.13. The number of para-hydroxylation sites is 1. The van der Waals surface area contributed by atoms with Gasteiger partial charge in [-0.25, -0.2) is 0 Å². The number of aromatic amines is 1. The summed E-state index contributed by atoms with van der Waals surface area (Å²) in [4.78, 5) is 15.6. The van der Waals surface area contributed by atoms with Crippen LogP contribution in [0.15, 0.2) is 48.7 Å². The molecule has 0 saturated carbocycles. The normalized spacial score (nSPS) is 12.2. The molecule has 2 aromatic carbocycles. The highest BCUT2D eigenvalue weighted by Crippen LogP contribution is 2.35. The van der Waals surface area contributed by atoms with Gasteiger partial charge in [-0.05, 0) is 36.2 Å². The zero-order chi connectivity index (χ0) is 20.1. The van der Waals surface area contributed by atoms with Crippen molar-refractivity contribution in [3.63, 3.8) is 0 Å². The fourth-order valence-corrected chi connectivity index (χ4v) is 3.37. The summed E-state index contributed by atoms with van der Waals surface area (Å²) >= 11 is 0. The molecular weight excluding hydrogens is 352 g/mol. The monoisotopic (exact) mass is 380 g/mol. The van der Waals surface area contributed by atoms with Crippen molar-refractivity contribution >= 4 is 16.8 Å². The third kappa shape index (κ3) is 4.14. The Hall–Kier alpha value is -2.95. The van der Waals surface area contributed by atoms with Gasteiger partial charge in [0.15, 0.2) is 11.5 Å². The number of nitrogens with one attached hydrogen (secondary N) is 2. The van der Waals surface area contributed by atoms with Gasteiger partial charge in [-0.3, -0.25) is 4.79 Å². The summed E-state index contributed by atoms with van der Waals surface area (Å²) in [7, 11) is 1.64. The Bertz CT molecular complexity index is 946. The Balaban J connectivity index is 2.02. The summed E-state index contributed by atoms with van der Waals surface area (Å²) in [5.74, 6) is 1.39. The van der Waals surface area contributed by atoms with Gasteiger partial charge in [0.1, 0.15) is 0 Å². The van der Waals surface area contributed by atoms with Crippen LogP contribution < -0.4 is 14.8 Å². The van der Waals surface area contributed by atoms with E-state index in [9.17, 15) is 4.79 Å². The largest absolute Gasteiger partial charge is 0.493 e. The third-order valence-electron chi connectivity index (χ3n) is 4.89. The Morgan fingerprint density at radius 2 is 1.93 bits per heavy atom. The number of benzene rings is 2. The molecule has 148 valence electrons. The maximum absolute atomic E-state index is 12.2. The molecule has 0 radical (unpaired) electrons. The quantitative estimate of drug-likeness (QED) is 0.606. The molecule has 3 rings (SSSR count). The first kappa shape index (κ1) is 19.8. The maximum Gasteiger partial charge on any atom is 0.222 e. The standard InChI is InChI=1S/C23H28N2O3/c1-5-28-21-11-10-16(12-22(21)27-4)18(13-25-23(26)15(2)3)19-14-24-20-9-7-6-8-17(19)20/h6-12,14-15,18,24H,5,13H2,1-4H3,(H,25,26). The molecule has 0 saturated heterocycles. The zero-order valence-corrected chi connectivity index (χ0v) is 16.9. The second-order valence-corrected chi connectivity index (χ2v) is 7.09. The van der Waals surface area contributed by atoms with E-state index in [0.717, 1.165) is 27.8 Å². The van der Waals surface area contributed by atoms with Gasteiger partial charge in [0.05, 0.1) is 13.7 Å². The number of amides is 1. The smallest absolute Gasteiger partial charge is 0.222 e. The van der Waals surface area contributed by atoms with Crippen LogP contribution in [0.25, 0.3) is 10.9 Å². The minimum Gasteiger partial charge on any atom is -0.493 e. The van der Waals surface area contributed by atoms with E-state index in [1.165, 1.54) is 0 Å². The topological polar surface area (TPSA) is 63.3 Å². The molecule has 1 amide bonds. The van der Waals surface area contributed by atoms with Crippen LogP contribution in [0.1, 0.15) is 37.8 Å². The van der Waals surface area contributed by atoms with Crippen LogP contribution in [-0.2, 0) is 4.79 Å². The molecular formula is C23H28N2O3. The van der Waals surface area contributed by atoms with Crippen molar-refractivity contribution in [2.45, 2.75) is 26.7 Å². The molecule has 0 fully saturated rings. The summed E-state index contributed by atoms with van der Waals surface area (Å²) in [5.41, 5.74) is 3.29. The Labute approximate surface area is 166 Å². The van der Waals surface area contributed by atoms with Crippen LogP contribution in [0.3, 0.4) is 0 Å². The second kappa shape index (κ2) is 8.83. The molecule has 0 aliphatic heterocycles. The Kier molecular flexibility index (Phi) is 6.24. The van der Waals surface area contributed by atoms with E-state index >= 15 is 0 Å². The van der Waals surface area contributed by atoms with Crippen LogP contribution in [0.2, 0.25) is 0 Å². The van der Waals surface area contributed by atoms with Crippen LogP contribution in [-0.4, -0.2) is 31.2 Å². The number of hydrogen-bond donors (Lipinski definition) is 2. The lowest BCUT2D eigenvalue weighted by Gasteiger charge is -2.20. The number of H-pyrrole nitrogens is 1. The van der Waals surface area contributed by atoms with Crippen molar-refractivity contribution in [2.24, 2.45) is 5.92 Å². The van der Waals surface area contributed by atoms with E-state index in [0.29, 0.717) is 18.9 Å². The molecule has 28 heavy (non-hydrogen) atoms. The second-order valence-electron chi connectivity index (χ2n) is 7.09. The fraction of sp³-hybridized carbons (Fsp3) is 0.348. The number of rotatable bonds is 8. The number of hydrogen-bond acceptors (Lipinski definition) is 3. The minimum absolute atomic E-state index is 0.0107. The minimum atomic E-state index is -0.0570. The first-order valence-electron chi connectivity index (χ1n) is 9.69. The van der Waals surface area contributed by atoms with Crippen molar-refractivity contribution in [2.75, 3.05) is 20.3 Å². The molecule has 0 aliphatic rings. The predicted molar refractivity (Wildman–Crippen MR) is 112 cm³/mol. The maximum atomic E-state index is 12.2. The van der Waals surface area contributed by atoms with Crippen molar-refractivity contribution in [3.8, 4) is 11.5 Å². The molecule has 0 spiro atoms. The molecule has 1 aromatic heterocycles. The van der Waals surface area contributed by atoms with E-state index in [2.05, 4.69) is 22.4 Å². The molecule has 5 heteroatoms.